The summed E-state index contributed by atoms with van der Waals surface area (Å²) in [7, 11) is 3.86. The molecule has 10 heteroatoms. The van der Waals surface area contributed by atoms with E-state index in [1.54, 1.807) is 0 Å². The average Bonchev–Trinajstić information content (AvgIpc) is 3.18. The number of nitrogens with one attached hydrogen (secondary N) is 2. The van der Waals surface area contributed by atoms with Crippen LogP contribution in [0.5, 0.6) is 0 Å². The van der Waals surface area contributed by atoms with Crippen molar-refractivity contribution in [2.75, 3.05) is 32.0 Å². The molecule has 0 spiro atoms. The van der Waals surface area contributed by atoms with Crippen molar-refractivity contribution < 1.29 is 23.9 Å². The van der Waals surface area contributed by atoms with Crippen molar-refractivity contribution in [2.45, 2.75) is 50.2 Å². The predicted octanol–water partition coefficient (Wildman–Crippen LogP) is 0.784. The Balaban J connectivity index is 1.96. The molecule has 0 saturated carbocycles. The monoisotopic (exact) mass is 419 g/mol. The van der Waals surface area contributed by atoms with E-state index in [2.05, 4.69) is 10.6 Å². The van der Waals surface area contributed by atoms with E-state index in [1.165, 1.54) is 12.2 Å². The topological polar surface area (TPSA) is 128 Å². The molecule has 1 aliphatic heterocycles. The Morgan fingerprint density at radius 2 is 1.81 bits per heavy atom. The Morgan fingerprint density at radius 3 is 2.52 bits per heavy atom. The van der Waals surface area contributed by atoms with Gasteiger partial charge in [0.15, 0.2) is 5.78 Å². The zero-order chi connectivity index (χ0) is 19.9. The number of ether oxygens (including phenoxy) is 1. The van der Waals surface area contributed by atoms with Gasteiger partial charge in [0, 0.05) is 30.3 Å². The summed E-state index contributed by atoms with van der Waals surface area (Å²) in [5, 5.41) is 5.87. The Labute approximate surface area is 167 Å². The maximum absolute atomic E-state index is 11.7. The van der Waals surface area contributed by atoms with E-state index in [-0.39, 0.29) is 56.7 Å². The molecule has 2 amide bonds. The Morgan fingerprint density at radius 1 is 1.04 bits per heavy atom. The van der Waals surface area contributed by atoms with Gasteiger partial charge < -0.3 is 21.1 Å². The first-order valence-corrected chi connectivity index (χ1v) is 11.6. The molecule has 8 nitrogen and oxygen atoms in total. The molecule has 1 heterocycles. The largest absolute Gasteiger partial charge is 0.463 e. The minimum atomic E-state index is -0.536. The number of esters is 1. The highest BCUT2D eigenvalue weighted by Gasteiger charge is 2.16. The number of hydrogen-bond acceptors (Lipinski definition) is 8. The highest BCUT2D eigenvalue weighted by atomic mass is 33.1. The van der Waals surface area contributed by atoms with Crippen LogP contribution in [-0.2, 0) is 23.9 Å². The summed E-state index contributed by atoms with van der Waals surface area (Å²) in [6, 6.07) is 0. The number of carbonyl (C=O) groups is 4. The van der Waals surface area contributed by atoms with Crippen molar-refractivity contribution in [1.82, 2.24) is 10.6 Å². The quantitative estimate of drug-likeness (QED) is 0.214. The molecule has 0 bridgehead atoms. The number of rotatable bonds is 14. The fourth-order valence-corrected chi connectivity index (χ4v) is 5.38. The van der Waals surface area contributed by atoms with E-state index in [0.717, 1.165) is 24.5 Å². The van der Waals surface area contributed by atoms with Gasteiger partial charge in [-0.15, -0.1) is 0 Å². The van der Waals surface area contributed by atoms with Crippen molar-refractivity contribution in [3.05, 3.63) is 0 Å². The first-order chi connectivity index (χ1) is 13.0. The molecule has 4 N–H and O–H groups in total. The smallest absolute Gasteiger partial charge is 0.319 e. The highest BCUT2D eigenvalue weighted by Crippen LogP contribution is 2.39. The molecule has 1 unspecified atom stereocenters. The van der Waals surface area contributed by atoms with Gasteiger partial charge >= 0.3 is 5.97 Å². The fourth-order valence-electron chi connectivity index (χ4n) is 2.35. The van der Waals surface area contributed by atoms with E-state index >= 15 is 0 Å². The fraction of sp³-hybridized carbons (Fsp3) is 0.765. The summed E-state index contributed by atoms with van der Waals surface area (Å²) in [6.07, 6.45) is 4.79. The molecule has 0 aromatic rings. The average molecular weight is 420 g/mol. The first-order valence-electron chi connectivity index (χ1n) is 9.20. The van der Waals surface area contributed by atoms with Crippen LogP contribution in [0.25, 0.3) is 0 Å². The zero-order valence-corrected chi connectivity index (χ0v) is 17.1. The summed E-state index contributed by atoms with van der Waals surface area (Å²) in [4.78, 5) is 45.8. The molecule has 1 saturated heterocycles. The van der Waals surface area contributed by atoms with Gasteiger partial charge in [-0.05, 0) is 19.3 Å². The first kappa shape index (κ1) is 23.8. The van der Waals surface area contributed by atoms with Crippen LogP contribution < -0.4 is 16.4 Å². The summed E-state index contributed by atoms with van der Waals surface area (Å²) < 4.78 is 4.71. The summed E-state index contributed by atoms with van der Waals surface area (Å²) in [5.41, 5.74) is 5.07. The Kier molecular flexibility index (Phi) is 13.0. The second-order valence-corrected chi connectivity index (χ2v) is 8.95. The molecule has 0 aliphatic carbocycles. The van der Waals surface area contributed by atoms with Gasteiger partial charge in [-0.2, -0.15) is 0 Å². The summed E-state index contributed by atoms with van der Waals surface area (Å²) >= 11 is 0. The van der Waals surface area contributed by atoms with E-state index in [9.17, 15) is 19.2 Å². The van der Waals surface area contributed by atoms with Crippen LogP contribution in [0.1, 0.15) is 44.9 Å². The van der Waals surface area contributed by atoms with E-state index < -0.39 is 5.97 Å². The van der Waals surface area contributed by atoms with Crippen LogP contribution in [0.4, 0.5) is 0 Å². The maximum atomic E-state index is 11.7. The number of carbonyl (C=O) groups excluding carboxylic acids is 4. The predicted molar refractivity (Wildman–Crippen MR) is 107 cm³/mol. The lowest BCUT2D eigenvalue weighted by Gasteiger charge is -2.08. The molecule has 0 radical (unpaired) electrons. The van der Waals surface area contributed by atoms with Crippen molar-refractivity contribution in [2.24, 2.45) is 5.73 Å². The number of amides is 2. The molecule has 1 rings (SSSR count). The summed E-state index contributed by atoms with van der Waals surface area (Å²) in [5.74, 6) is 0.0703. The van der Waals surface area contributed by atoms with E-state index in [0.29, 0.717) is 6.42 Å². The third kappa shape index (κ3) is 12.7. The van der Waals surface area contributed by atoms with Gasteiger partial charge in [-0.3, -0.25) is 19.2 Å². The minimum Gasteiger partial charge on any atom is -0.463 e. The number of hydrogen-bond donors (Lipinski definition) is 3. The van der Waals surface area contributed by atoms with Crippen molar-refractivity contribution in [3.63, 3.8) is 0 Å². The highest BCUT2D eigenvalue weighted by molar-refractivity contribution is 8.77. The number of Topliss-reactive ketones (excluding diaryl/α,β-unsaturated/α-hetero) is 1. The van der Waals surface area contributed by atoms with E-state index in [1.807, 2.05) is 21.6 Å². The third-order valence-corrected chi connectivity index (χ3v) is 6.88. The Bertz CT molecular complexity index is 499. The van der Waals surface area contributed by atoms with Crippen LogP contribution in [0.15, 0.2) is 0 Å². The van der Waals surface area contributed by atoms with Crippen LogP contribution in [0, 0.1) is 0 Å². The van der Waals surface area contributed by atoms with Gasteiger partial charge in [0.2, 0.25) is 11.8 Å². The number of ketones is 1. The SMILES string of the molecule is NCC(=O)OCCNC(=O)CCC(=O)CNC(=O)CCCCC1CCSS1. The minimum absolute atomic E-state index is 0.0383. The van der Waals surface area contributed by atoms with Crippen LogP contribution >= 0.6 is 21.6 Å². The van der Waals surface area contributed by atoms with Gasteiger partial charge in [0.05, 0.1) is 19.6 Å². The van der Waals surface area contributed by atoms with Gasteiger partial charge in [0.25, 0.3) is 0 Å². The maximum Gasteiger partial charge on any atom is 0.319 e. The zero-order valence-electron chi connectivity index (χ0n) is 15.5. The third-order valence-electron chi connectivity index (χ3n) is 3.87. The van der Waals surface area contributed by atoms with Crippen LogP contribution in [0.3, 0.4) is 0 Å². The molecule has 1 aliphatic rings. The van der Waals surface area contributed by atoms with Crippen LogP contribution in [0.2, 0.25) is 0 Å². The molecule has 27 heavy (non-hydrogen) atoms. The van der Waals surface area contributed by atoms with Crippen molar-refractivity contribution in [1.29, 1.82) is 0 Å². The lowest BCUT2D eigenvalue weighted by molar-refractivity contribution is -0.142. The van der Waals surface area contributed by atoms with Gasteiger partial charge in [0.1, 0.15) is 6.61 Å². The molecular weight excluding hydrogens is 390 g/mol. The molecule has 154 valence electrons. The molecule has 0 aromatic carbocycles. The lowest BCUT2D eigenvalue weighted by atomic mass is 10.1. The summed E-state index contributed by atoms with van der Waals surface area (Å²) in [6.45, 7) is -0.0279. The normalized spacial score (nSPS) is 16.0. The van der Waals surface area contributed by atoms with Gasteiger partial charge in [-0.25, -0.2) is 0 Å². The molecular formula is C17H29N3O5S2. The van der Waals surface area contributed by atoms with E-state index in [4.69, 9.17) is 10.5 Å². The second kappa shape index (κ2) is 14.8. The molecule has 1 atom stereocenters. The number of unbranched alkanes of at least 4 members (excludes halogenated alkanes) is 1. The van der Waals surface area contributed by atoms with Crippen LogP contribution in [-0.4, -0.2) is 60.8 Å². The lowest BCUT2D eigenvalue weighted by Crippen LogP contribution is -2.31. The standard InChI is InChI=1S/C17H29N3O5S2/c18-11-17(24)25-9-8-19-16(23)6-5-13(21)12-20-15(22)4-2-1-3-14-7-10-26-27-14/h14H,1-12,18H2,(H,19,23)(H,20,22). The molecule has 0 aromatic heterocycles. The Hall–Kier alpha value is -1.26. The van der Waals surface area contributed by atoms with Crippen molar-refractivity contribution in [3.8, 4) is 0 Å². The molecule has 1 fully saturated rings. The number of nitrogens with two attached hydrogens (primary N) is 1. The van der Waals surface area contributed by atoms with Crippen molar-refractivity contribution >= 4 is 45.2 Å². The van der Waals surface area contributed by atoms with Gasteiger partial charge in [-0.1, -0.05) is 28.0 Å². The second-order valence-electron chi connectivity index (χ2n) is 6.16.